The molecule has 0 atom stereocenters. The van der Waals surface area contributed by atoms with Gasteiger partial charge in [0.1, 0.15) is 23.1 Å². The molecule has 0 spiro atoms. The van der Waals surface area contributed by atoms with Gasteiger partial charge in [0, 0.05) is 56.1 Å². The summed E-state index contributed by atoms with van der Waals surface area (Å²) in [6.45, 7) is 8.62. The lowest BCUT2D eigenvalue weighted by Gasteiger charge is -2.37. The Morgan fingerprint density at radius 2 is 1.60 bits per heavy atom. The van der Waals surface area contributed by atoms with E-state index >= 15 is 0 Å². The molecule has 1 saturated heterocycles. The molecule has 222 valence electrons. The number of carbonyl (C=O) groups is 1. The van der Waals surface area contributed by atoms with Crippen LogP contribution in [0.2, 0.25) is 0 Å². The summed E-state index contributed by atoms with van der Waals surface area (Å²) in [4.78, 5) is 32.4. The number of fused-ring (bicyclic) bond motifs is 1. The van der Waals surface area contributed by atoms with Crippen LogP contribution in [0.3, 0.4) is 0 Å². The third-order valence-electron chi connectivity index (χ3n) is 8.36. The summed E-state index contributed by atoms with van der Waals surface area (Å²) < 4.78 is 11.2. The van der Waals surface area contributed by atoms with Crippen molar-refractivity contribution in [2.75, 3.05) is 62.1 Å². The predicted molar refractivity (Wildman–Crippen MR) is 170 cm³/mol. The number of nitrogens with zero attached hydrogens (tertiary/aromatic N) is 6. The predicted octanol–water partition coefficient (Wildman–Crippen LogP) is 5.73. The number of hydrogen-bond donors (Lipinski definition) is 0. The van der Waals surface area contributed by atoms with Crippen LogP contribution < -0.4 is 24.2 Å². The lowest BCUT2D eigenvalue weighted by atomic mass is 10.1. The van der Waals surface area contributed by atoms with Crippen LogP contribution in [-0.2, 0) is 13.0 Å². The molecule has 0 saturated carbocycles. The van der Waals surface area contributed by atoms with Gasteiger partial charge in [-0.2, -0.15) is 0 Å². The Morgan fingerprint density at radius 1 is 0.884 bits per heavy atom. The second-order valence-electron chi connectivity index (χ2n) is 11.3. The fourth-order valence-electron chi connectivity index (χ4n) is 5.94. The number of carbonyl (C=O) groups excluding carboxylic acids is 1. The number of ether oxygens (including phenoxy) is 2. The molecule has 1 fully saturated rings. The molecular weight excluding hydrogens is 540 g/mol. The zero-order chi connectivity index (χ0) is 30.1. The number of benzene rings is 3. The number of hydrogen-bond acceptors (Lipinski definition) is 7. The summed E-state index contributed by atoms with van der Waals surface area (Å²) in [5.74, 6) is 2.37. The average Bonchev–Trinajstić information content (AvgIpc) is 3.02. The number of aryl methyl sites for hydroxylation is 2. The van der Waals surface area contributed by atoms with E-state index in [2.05, 4.69) is 41.1 Å². The van der Waals surface area contributed by atoms with Crippen molar-refractivity contribution in [1.82, 2.24) is 14.9 Å². The van der Waals surface area contributed by atoms with E-state index in [0.717, 1.165) is 54.1 Å². The number of urea groups is 1. The topological polar surface area (TPSA) is 74.3 Å². The van der Waals surface area contributed by atoms with Gasteiger partial charge in [0.2, 0.25) is 0 Å². The minimum absolute atomic E-state index is 0.199. The zero-order valence-corrected chi connectivity index (χ0v) is 25.5. The molecule has 1 aromatic heterocycles. The molecule has 0 aliphatic carbocycles. The van der Waals surface area contributed by atoms with Crippen molar-refractivity contribution >= 4 is 28.9 Å². The largest absolute Gasteiger partial charge is 0.497 e. The van der Waals surface area contributed by atoms with Crippen LogP contribution in [0, 0.1) is 13.8 Å². The van der Waals surface area contributed by atoms with Crippen LogP contribution in [0.15, 0.2) is 66.9 Å². The van der Waals surface area contributed by atoms with Gasteiger partial charge in [0.15, 0.2) is 0 Å². The van der Waals surface area contributed by atoms with E-state index in [1.54, 1.807) is 30.1 Å². The Kier molecular flexibility index (Phi) is 7.90. The Labute approximate surface area is 253 Å². The fraction of sp³-hybridized carbons (Fsp3) is 0.324. The first-order chi connectivity index (χ1) is 20.9. The van der Waals surface area contributed by atoms with E-state index in [1.807, 2.05) is 50.4 Å². The van der Waals surface area contributed by atoms with Gasteiger partial charge in [-0.25, -0.2) is 19.7 Å². The first-order valence-corrected chi connectivity index (χ1v) is 14.6. The van der Waals surface area contributed by atoms with Crippen molar-refractivity contribution in [2.45, 2.75) is 26.8 Å². The summed E-state index contributed by atoms with van der Waals surface area (Å²) in [6.07, 6.45) is 2.41. The van der Waals surface area contributed by atoms with Crippen molar-refractivity contribution in [3.8, 4) is 11.5 Å². The maximum Gasteiger partial charge on any atom is 0.335 e. The maximum atomic E-state index is 14.4. The van der Waals surface area contributed by atoms with Crippen LogP contribution >= 0.6 is 0 Å². The van der Waals surface area contributed by atoms with Gasteiger partial charge in [-0.3, -0.25) is 4.90 Å². The van der Waals surface area contributed by atoms with Crippen LogP contribution in [0.4, 0.5) is 27.7 Å². The van der Waals surface area contributed by atoms with Crippen molar-refractivity contribution in [2.24, 2.45) is 0 Å². The fourth-order valence-corrected chi connectivity index (χ4v) is 5.94. The van der Waals surface area contributed by atoms with Gasteiger partial charge in [0.05, 0.1) is 32.1 Å². The molecule has 9 nitrogen and oxygen atoms in total. The summed E-state index contributed by atoms with van der Waals surface area (Å²) in [5.41, 5.74) is 6.73. The van der Waals surface area contributed by atoms with E-state index in [9.17, 15) is 4.79 Å². The van der Waals surface area contributed by atoms with Gasteiger partial charge < -0.3 is 19.3 Å². The highest BCUT2D eigenvalue weighted by Gasteiger charge is 2.37. The number of rotatable bonds is 7. The molecule has 0 N–H and O–H groups in total. The Morgan fingerprint density at radius 3 is 2.28 bits per heavy atom. The Hall–Kier alpha value is -4.63. The minimum Gasteiger partial charge on any atom is -0.497 e. The van der Waals surface area contributed by atoms with Crippen LogP contribution in [-0.4, -0.2) is 68.3 Å². The molecule has 6 rings (SSSR count). The Balaban J connectivity index is 1.36. The first kappa shape index (κ1) is 28.5. The number of methoxy groups -OCH3 is 2. The normalized spacial score (nSPS) is 15.5. The van der Waals surface area contributed by atoms with E-state index in [-0.39, 0.29) is 6.03 Å². The smallest absolute Gasteiger partial charge is 0.335 e. The van der Waals surface area contributed by atoms with Crippen molar-refractivity contribution in [3.05, 3.63) is 94.9 Å². The number of aromatic nitrogens is 2. The quantitative estimate of drug-likeness (QED) is 0.277. The van der Waals surface area contributed by atoms with E-state index in [1.165, 1.54) is 5.69 Å². The highest BCUT2D eigenvalue weighted by atomic mass is 16.5. The summed E-state index contributed by atoms with van der Waals surface area (Å²) in [7, 11) is 5.36. The van der Waals surface area contributed by atoms with E-state index in [4.69, 9.17) is 19.4 Å². The molecule has 2 amide bonds. The average molecular weight is 579 g/mol. The van der Waals surface area contributed by atoms with E-state index < -0.39 is 0 Å². The second-order valence-corrected chi connectivity index (χ2v) is 11.3. The number of para-hydroxylation sites is 1. The SMILES string of the molecule is COc1ccc(N2C(=O)N(c3c(C)cccc3C)Cc3cnc(Cc4ccc(N5CCN(C)CC5)cc4)nc32)c(OC)c1. The summed E-state index contributed by atoms with van der Waals surface area (Å²) in [5, 5.41) is 0. The number of amides is 2. The zero-order valence-electron chi connectivity index (χ0n) is 25.5. The van der Waals surface area contributed by atoms with Gasteiger partial charge in [-0.1, -0.05) is 30.3 Å². The highest BCUT2D eigenvalue weighted by Crippen LogP contribution is 2.42. The molecule has 0 bridgehead atoms. The summed E-state index contributed by atoms with van der Waals surface area (Å²) in [6, 6.07) is 20.0. The van der Waals surface area contributed by atoms with Gasteiger partial charge in [-0.05, 0) is 61.9 Å². The minimum atomic E-state index is -0.199. The van der Waals surface area contributed by atoms with Gasteiger partial charge >= 0.3 is 6.03 Å². The standard InChI is InChI=1S/C34H38N6O3/c1-23-7-6-8-24(2)32(23)39-22-26-21-35-31(19-25-9-11-27(12-10-25)38-17-15-37(3)16-18-38)36-33(26)40(34(39)41)29-14-13-28(42-4)20-30(29)43-5/h6-14,20-21H,15-19,22H2,1-5H3. The molecule has 43 heavy (non-hydrogen) atoms. The maximum absolute atomic E-state index is 14.4. The van der Waals surface area contributed by atoms with Crippen LogP contribution in [0.5, 0.6) is 11.5 Å². The van der Waals surface area contributed by atoms with Gasteiger partial charge in [0.25, 0.3) is 0 Å². The lowest BCUT2D eigenvalue weighted by Crippen LogP contribution is -2.46. The summed E-state index contributed by atoms with van der Waals surface area (Å²) >= 11 is 0. The van der Waals surface area contributed by atoms with E-state index in [0.29, 0.717) is 41.8 Å². The number of likely N-dealkylation sites (N-methyl/N-ethyl adjacent to an activating group) is 1. The highest BCUT2D eigenvalue weighted by molar-refractivity contribution is 6.11. The molecule has 0 radical (unpaired) electrons. The lowest BCUT2D eigenvalue weighted by molar-refractivity contribution is 0.252. The molecule has 2 aliphatic heterocycles. The molecule has 0 unspecified atom stereocenters. The van der Waals surface area contributed by atoms with Crippen molar-refractivity contribution in [1.29, 1.82) is 0 Å². The number of piperazine rings is 1. The third-order valence-corrected chi connectivity index (χ3v) is 8.36. The van der Waals surface area contributed by atoms with Crippen molar-refractivity contribution < 1.29 is 14.3 Å². The van der Waals surface area contributed by atoms with Crippen molar-refractivity contribution in [3.63, 3.8) is 0 Å². The molecule has 3 heterocycles. The molecular formula is C34H38N6O3. The number of anilines is 4. The van der Waals surface area contributed by atoms with Crippen LogP contribution in [0.1, 0.15) is 28.1 Å². The van der Waals surface area contributed by atoms with Crippen LogP contribution in [0.25, 0.3) is 0 Å². The van der Waals surface area contributed by atoms with Gasteiger partial charge in [-0.15, -0.1) is 0 Å². The molecule has 3 aromatic carbocycles. The first-order valence-electron chi connectivity index (χ1n) is 14.6. The molecule has 2 aliphatic rings. The Bertz CT molecular complexity index is 1610. The monoisotopic (exact) mass is 578 g/mol. The second kappa shape index (κ2) is 11.9. The third kappa shape index (κ3) is 5.60. The molecule has 9 heteroatoms. The molecule has 4 aromatic rings.